The highest BCUT2D eigenvalue weighted by atomic mass is 16.8. The van der Waals surface area contributed by atoms with E-state index in [1.807, 2.05) is 0 Å². The summed E-state index contributed by atoms with van der Waals surface area (Å²) in [6.07, 6.45) is -11.1. The third kappa shape index (κ3) is 9.11. The lowest BCUT2D eigenvalue weighted by Crippen LogP contribution is -2.64. The zero-order valence-corrected chi connectivity index (χ0v) is 29.0. The highest BCUT2D eigenvalue weighted by Gasteiger charge is 2.61. The van der Waals surface area contributed by atoms with Crippen LogP contribution >= 0.6 is 0 Å². The number of phenols is 2. The van der Waals surface area contributed by atoms with Gasteiger partial charge in [-0.2, -0.15) is 0 Å². The summed E-state index contributed by atoms with van der Waals surface area (Å²) >= 11 is 0. The molecule has 0 saturated carbocycles. The quantitative estimate of drug-likeness (QED) is 0.0528. The van der Waals surface area contributed by atoms with Crippen molar-refractivity contribution in [2.75, 3.05) is 48.3 Å². The highest BCUT2D eigenvalue weighted by molar-refractivity contribution is 5.87. The van der Waals surface area contributed by atoms with Gasteiger partial charge in [0, 0.05) is 6.08 Å². The monoisotopic (exact) mass is 756 g/mol. The Labute approximate surface area is 302 Å². The van der Waals surface area contributed by atoms with Crippen LogP contribution in [0.15, 0.2) is 36.4 Å². The second kappa shape index (κ2) is 18.2. The fourth-order valence-electron chi connectivity index (χ4n) is 5.68. The van der Waals surface area contributed by atoms with E-state index in [-0.39, 0.29) is 34.5 Å². The lowest BCUT2D eigenvalue weighted by molar-refractivity contribution is -0.389. The summed E-state index contributed by atoms with van der Waals surface area (Å²) in [5.41, 5.74) is 0.739. The molecule has 2 fully saturated rings. The van der Waals surface area contributed by atoms with E-state index in [9.17, 15) is 50.8 Å². The van der Waals surface area contributed by atoms with E-state index >= 15 is 0 Å². The standard InChI is InChI=1S/C34H44O19/c1-45-18-9-16(10-19(46-2)26(18)40)5-7-24(38)50-31-23(14-36)49-33(30(44)29(31)43)53-34(15-37)32(28(42)22(13-35)52-34)51-25(39)8-6-17-11-20(47-3)27(41)21(12-17)48-4/h5-12,22-24,28-33,35-38,40-44H,13-15H2,1-4H3/b7-5+,8-6+/t22-,23-,24?,28-,29-,30-,31-,32+,33-,34+/m1/s1. The summed E-state index contributed by atoms with van der Waals surface area (Å²) in [5, 5.41) is 94.1. The molecule has 19 heteroatoms. The van der Waals surface area contributed by atoms with Gasteiger partial charge in [-0.3, -0.25) is 0 Å². The van der Waals surface area contributed by atoms with Crippen LogP contribution < -0.4 is 18.9 Å². The molecule has 0 aliphatic carbocycles. The minimum absolute atomic E-state index is 0.0414. The number of carbonyl (C=O) groups excluding carboxylic acids is 1. The molecule has 1 unspecified atom stereocenters. The van der Waals surface area contributed by atoms with Crippen LogP contribution in [-0.4, -0.2) is 161 Å². The second-order valence-corrected chi connectivity index (χ2v) is 11.7. The smallest absolute Gasteiger partial charge is 0.331 e. The first-order valence-electron chi connectivity index (χ1n) is 16.0. The van der Waals surface area contributed by atoms with Crippen LogP contribution in [0.2, 0.25) is 0 Å². The SMILES string of the molecule is COc1cc(/C=C/C(=O)O[C@H]2[C@H](O)[C@@H](CO)O[C@@]2(CO)O[C@H]2O[C@H](CO)[C@@H](OC(O)/C=C/c3cc(OC)c(O)c(OC)c3)[C@H](O)[C@H]2O)cc(OC)c1O. The minimum atomic E-state index is -2.49. The molecule has 0 bridgehead atoms. The van der Waals surface area contributed by atoms with Crippen LogP contribution in [0.4, 0.5) is 0 Å². The Morgan fingerprint density at radius 3 is 1.77 bits per heavy atom. The summed E-state index contributed by atoms with van der Waals surface area (Å²) in [7, 11) is 5.28. The summed E-state index contributed by atoms with van der Waals surface area (Å²) < 4.78 is 48.2. The number of esters is 1. The summed E-state index contributed by atoms with van der Waals surface area (Å²) in [6.45, 7) is -2.82. The highest BCUT2D eigenvalue weighted by Crippen LogP contribution is 2.40. The molecule has 294 valence electrons. The first-order valence-corrected chi connectivity index (χ1v) is 16.0. The van der Waals surface area contributed by atoms with E-state index in [0.29, 0.717) is 11.1 Å². The number of methoxy groups -OCH3 is 4. The van der Waals surface area contributed by atoms with Crippen molar-refractivity contribution in [1.29, 1.82) is 0 Å². The van der Waals surface area contributed by atoms with E-state index in [4.69, 9.17) is 42.6 Å². The minimum Gasteiger partial charge on any atom is -0.502 e. The van der Waals surface area contributed by atoms with E-state index < -0.39 is 86.9 Å². The number of phenolic OH excluding ortho intramolecular Hbond substituents is 2. The molecular weight excluding hydrogens is 712 g/mol. The fourth-order valence-corrected chi connectivity index (χ4v) is 5.68. The zero-order chi connectivity index (χ0) is 39.0. The van der Waals surface area contributed by atoms with Gasteiger partial charge >= 0.3 is 5.97 Å². The van der Waals surface area contributed by atoms with Gasteiger partial charge in [0.05, 0.1) is 41.7 Å². The molecule has 2 saturated heterocycles. The van der Waals surface area contributed by atoms with Crippen molar-refractivity contribution in [3.05, 3.63) is 47.5 Å². The van der Waals surface area contributed by atoms with Crippen LogP contribution in [0, 0.1) is 0 Å². The maximum Gasteiger partial charge on any atom is 0.331 e. The molecule has 19 nitrogen and oxygen atoms in total. The van der Waals surface area contributed by atoms with E-state index in [2.05, 4.69) is 0 Å². The molecule has 0 spiro atoms. The number of hydrogen-bond acceptors (Lipinski definition) is 19. The topological polar surface area (TPSA) is 282 Å². The van der Waals surface area contributed by atoms with Gasteiger partial charge in [-0.15, -0.1) is 0 Å². The Morgan fingerprint density at radius 2 is 1.30 bits per heavy atom. The molecule has 0 radical (unpaired) electrons. The Hall–Kier alpha value is -4.25. The van der Waals surface area contributed by atoms with Crippen LogP contribution in [0.3, 0.4) is 0 Å². The maximum absolute atomic E-state index is 13.0. The summed E-state index contributed by atoms with van der Waals surface area (Å²) in [5.74, 6) is -3.86. The predicted molar refractivity (Wildman–Crippen MR) is 178 cm³/mol. The van der Waals surface area contributed by atoms with Crippen LogP contribution in [0.1, 0.15) is 11.1 Å². The second-order valence-electron chi connectivity index (χ2n) is 11.7. The first kappa shape index (κ1) is 41.5. The summed E-state index contributed by atoms with van der Waals surface area (Å²) in [6, 6.07) is 5.65. The number of aliphatic hydroxyl groups is 7. The van der Waals surface area contributed by atoms with Crippen molar-refractivity contribution >= 4 is 18.1 Å². The zero-order valence-electron chi connectivity index (χ0n) is 29.0. The molecule has 53 heavy (non-hydrogen) atoms. The van der Waals surface area contributed by atoms with Crippen molar-refractivity contribution in [1.82, 2.24) is 0 Å². The van der Waals surface area contributed by atoms with Crippen LogP contribution in [-0.2, 0) is 28.5 Å². The Bertz CT molecular complexity index is 1550. The van der Waals surface area contributed by atoms with Gasteiger partial charge in [0.25, 0.3) is 0 Å². The lowest BCUT2D eigenvalue weighted by atomic mass is 9.98. The molecule has 0 aromatic heterocycles. The number of rotatable bonds is 16. The maximum atomic E-state index is 13.0. The molecule has 2 heterocycles. The average molecular weight is 757 g/mol. The van der Waals surface area contributed by atoms with Crippen LogP contribution in [0.25, 0.3) is 12.2 Å². The van der Waals surface area contributed by atoms with Crippen LogP contribution in [0.5, 0.6) is 34.5 Å². The normalized spacial score (nSPS) is 29.3. The third-order valence-electron chi connectivity index (χ3n) is 8.42. The Kier molecular flexibility index (Phi) is 14.2. The third-order valence-corrected chi connectivity index (χ3v) is 8.42. The van der Waals surface area contributed by atoms with Crippen molar-refractivity contribution in [3.63, 3.8) is 0 Å². The number of benzene rings is 2. The number of aliphatic hydroxyl groups excluding tert-OH is 7. The van der Waals surface area contributed by atoms with Gasteiger partial charge in [0.15, 0.2) is 41.7 Å². The molecule has 0 amide bonds. The Balaban J connectivity index is 1.50. The van der Waals surface area contributed by atoms with Gasteiger partial charge < -0.3 is 88.6 Å². The van der Waals surface area contributed by atoms with Gasteiger partial charge in [-0.25, -0.2) is 4.79 Å². The summed E-state index contributed by atoms with van der Waals surface area (Å²) in [4.78, 5) is 13.0. The average Bonchev–Trinajstić information content (AvgIpc) is 3.42. The molecule has 10 atom stereocenters. The van der Waals surface area contributed by atoms with Crippen molar-refractivity contribution in [2.45, 2.75) is 61.1 Å². The molecule has 2 aromatic rings. The number of hydrogen-bond donors (Lipinski definition) is 9. The van der Waals surface area contributed by atoms with E-state index in [0.717, 1.165) is 12.2 Å². The van der Waals surface area contributed by atoms with Gasteiger partial charge in [-0.1, -0.05) is 6.08 Å². The molecule has 4 rings (SSSR count). The van der Waals surface area contributed by atoms with Gasteiger partial charge in [0.1, 0.15) is 43.2 Å². The lowest BCUT2D eigenvalue weighted by Gasteiger charge is -2.45. The van der Waals surface area contributed by atoms with Gasteiger partial charge in [0.2, 0.25) is 17.3 Å². The largest absolute Gasteiger partial charge is 0.502 e. The molecule has 2 aliphatic heterocycles. The van der Waals surface area contributed by atoms with E-state index in [1.165, 1.54) is 64.9 Å². The Morgan fingerprint density at radius 1 is 0.792 bits per heavy atom. The molecule has 2 aromatic carbocycles. The van der Waals surface area contributed by atoms with E-state index in [1.54, 1.807) is 0 Å². The molecular formula is C34H44O19. The number of aromatic hydroxyl groups is 2. The van der Waals surface area contributed by atoms with Gasteiger partial charge in [-0.05, 0) is 47.5 Å². The number of ether oxygens (including phenoxy) is 9. The molecule has 2 aliphatic rings. The predicted octanol–water partition coefficient (Wildman–Crippen LogP) is -1.63. The fraction of sp³-hybridized carbons (Fsp3) is 0.500. The number of carbonyl (C=O) groups is 1. The van der Waals surface area contributed by atoms with Crippen molar-refractivity contribution < 1.29 is 93.4 Å². The van der Waals surface area contributed by atoms with Crippen molar-refractivity contribution in [2.24, 2.45) is 0 Å². The molecule has 9 N–H and O–H groups in total. The first-order chi connectivity index (χ1) is 25.3. The van der Waals surface area contributed by atoms with Crippen molar-refractivity contribution in [3.8, 4) is 34.5 Å².